The van der Waals surface area contributed by atoms with Crippen molar-refractivity contribution in [2.45, 2.75) is 12.5 Å². The summed E-state index contributed by atoms with van der Waals surface area (Å²) in [5.74, 6) is -2.47. The quantitative estimate of drug-likeness (QED) is 0.315. The monoisotopic (exact) mass is 458 g/mol. The molecule has 0 fully saturated rings. The fraction of sp³-hybridized carbons (Fsp3) is 0.160. The maximum absolute atomic E-state index is 12.6. The van der Waals surface area contributed by atoms with Crippen LogP contribution in [-0.2, 0) is 4.79 Å². The van der Waals surface area contributed by atoms with Gasteiger partial charge >= 0.3 is 5.97 Å². The van der Waals surface area contributed by atoms with Gasteiger partial charge < -0.3 is 10.4 Å². The SMILES string of the molecule is O=C(NN=C(CC(C(=O)O)C1=CNC2C=CC=CC12)c1ccccc1)c1ccc([N+](=O)[O-])cc1. The van der Waals surface area contributed by atoms with Crippen LogP contribution in [-0.4, -0.2) is 33.7 Å². The van der Waals surface area contributed by atoms with Gasteiger partial charge in [0.05, 0.1) is 22.6 Å². The van der Waals surface area contributed by atoms with Crippen molar-refractivity contribution in [3.63, 3.8) is 0 Å². The number of benzene rings is 2. The van der Waals surface area contributed by atoms with Gasteiger partial charge in [0.2, 0.25) is 0 Å². The molecule has 2 aliphatic rings. The Hall–Kier alpha value is -4.53. The van der Waals surface area contributed by atoms with Gasteiger partial charge in [-0.3, -0.25) is 19.7 Å². The normalized spacial score (nSPS) is 19.5. The number of rotatable bonds is 8. The van der Waals surface area contributed by atoms with Crippen LogP contribution in [0.15, 0.2) is 95.8 Å². The molecule has 172 valence electrons. The van der Waals surface area contributed by atoms with Crippen molar-refractivity contribution < 1.29 is 19.6 Å². The van der Waals surface area contributed by atoms with Gasteiger partial charge in [0.15, 0.2) is 0 Å². The number of carbonyl (C=O) groups excluding carboxylic acids is 1. The number of carboxylic acid groups (broad SMARTS) is 1. The largest absolute Gasteiger partial charge is 0.481 e. The van der Waals surface area contributed by atoms with Crippen LogP contribution >= 0.6 is 0 Å². The van der Waals surface area contributed by atoms with E-state index < -0.39 is 22.7 Å². The first-order valence-corrected chi connectivity index (χ1v) is 10.6. The smallest absolute Gasteiger partial charge is 0.311 e. The number of nitrogens with one attached hydrogen (secondary N) is 2. The first-order valence-electron chi connectivity index (χ1n) is 10.6. The third kappa shape index (κ3) is 4.93. The summed E-state index contributed by atoms with van der Waals surface area (Å²) in [6.45, 7) is 0. The lowest BCUT2D eigenvalue weighted by atomic mass is 9.81. The minimum atomic E-state index is -0.984. The zero-order chi connectivity index (χ0) is 24.1. The van der Waals surface area contributed by atoms with Crippen LogP contribution in [0.1, 0.15) is 22.3 Å². The number of hydrogen-bond acceptors (Lipinski definition) is 6. The van der Waals surface area contributed by atoms with E-state index in [1.807, 2.05) is 30.4 Å². The molecule has 0 bridgehead atoms. The molecule has 1 heterocycles. The molecule has 1 aliphatic heterocycles. The molecule has 2 aromatic rings. The third-order valence-electron chi connectivity index (χ3n) is 5.80. The van der Waals surface area contributed by atoms with Crippen LogP contribution in [0, 0.1) is 22.0 Å². The first-order chi connectivity index (χ1) is 16.4. The summed E-state index contributed by atoms with van der Waals surface area (Å²) in [5, 5.41) is 28.4. The number of aliphatic carboxylic acids is 1. The molecule has 0 saturated heterocycles. The number of amides is 1. The van der Waals surface area contributed by atoms with E-state index in [0.717, 1.165) is 5.57 Å². The zero-order valence-electron chi connectivity index (χ0n) is 18.0. The summed E-state index contributed by atoms with van der Waals surface area (Å²) >= 11 is 0. The molecule has 3 unspecified atom stereocenters. The number of fused-ring (bicyclic) bond motifs is 1. The maximum Gasteiger partial charge on any atom is 0.311 e. The Labute approximate surface area is 195 Å². The van der Waals surface area contributed by atoms with Crippen LogP contribution in [0.5, 0.6) is 0 Å². The molecular weight excluding hydrogens is 436 g/mol. The predicted octanol–water partition coefficient (Wildman–Crippen LogP) is 3.42. The van der Waals surface area contributed by atoms with E-state index in [0.29, 0.717) is 11.3 Å². The van der Waals surface area contributed by atoms with Crippen LogP contribution < -0.4 is 10.7 Å². The molecule has 0 aromatic heterocycles. The zero-order valence-corrected chi connectivity index (χ0v) is 18.0. The fourth-order valence-corrected chi connectivity index (χ4v) is 4.02. The lowest BCUT2D eigenvalue weighted by molar-refractivity contribution is -0.384. The van der Waals surface area contributed by atoms with Gasteiger partial charge in [0.1, 0.15) is 0 Å². The number of allylic oxidation sites excluding steroid dienone is 2. The lowest BCUT2D eigenvalue weighted by Crippen LogP contribution is -2.29. The van der Waals surface area contributed by atoms with Crippen molar-refractivity contribution in [2.24, 2.45) is 16.9 Å². The molecule has 0 radical (unpaired) electrons. The Morgan fingerprint density at radius 1 is 1.06 bits per heavy atom. The highest BCUT2D eigenvalue weighted by Gasteiger charge is 2.36. The molecule has 9 nitrogen and oxygen atoms in total. The van der Waals surface area contributed by atoms with Crippen molar-refractivity contribution >= 4 is 23.3 Å². The number of non-ortho nitro benzene ring substituents is 1. The van der Waals surface area contributed by atoms with Crippen LogP contribution in [0.3, 0.4) is 0 Å². The van der Waals surface area contributed by atoms with Gasteiger partial charge in [-0.2, -0.15) is 5.10 Å². The van der Waals surface area contributed by atoms with Crippen molar-refractivity contribution in [1.29, 1.82) is 0 Å². The molecule has 0 spiro atoms. The molecule has 34 heavy (non-hydrogen) atoms. The van der Waals surface area contributed by atoms with E-state index in [9.17, 15) is 24.8 Å². The fourth-order valence-electron chi connectivity index (χ4n) is 4.02. The minimum Gasteiger partial charge on any atom is -0.481 e. The van der Waals surface area contributed by atoms with Gasteiger partial charge in [-0.05, 0) is 29.5 Å². The highest BCUT2D eigenvalue weighted by atomic mass is 16.6. The number of nitro groups is 1. The van der Waals surface area contributed by atoms with E-state index in [-0.39, 0.29) is 29.6 Å². The first kappa shape index (κ1) is 22.7. The van der Waals surface area contributed by atoms with Gasteiger partial charge in [0.25, 0.3) is 11.6 Å². The topological polar surface area (TPSA) is 134 Å². The number of hydrazone groups is 1. The lowest BCUT2D eigenvalue weighted by Gasteiger charge is -2.23. The molecule has 3 N–H and O–H groups in total. The average molecular weight is 458 g/mol. The minimum absolute atomic E-state index is 0.0146. The van der Waals surface area contributed by atoms with Gasteiger partial charge in [-0.25, -0.2) is 5.43 Å². The second-order valence-corrected chi connectivity index (χ2v) is 7.90. The van der Waals surface area contributed by atoms with Gasteiger partial charge in [-0.15, -0.1) is 0 Å². The summed E-state index contributed by atoms with van der Waals surface area (Å²) in [5.41, 5.74) is 4.36. The third-order valence-corrected chi connectivity index (χ3v) is 5.80. The summed E-state index contributed by atoms with van der Waals surface area (Å²) in [7, 11) is 0. The highest BCUT2D eigenvalue weighted by Crippen LogP contribution is 2.34. The number of nitro benzene ring substituents is 1. The molecule has 0 saturated carbocycles. The van der Waals surface area contributed by atoms with Crippen molar-refractivity contribution in [3.8, 4) is 0 Å². The van der Waals surface area contributed by atoms with E-state index in [2.05, 4.69) is 15.8 Å². The second-order valence-electron chi connectivity index (χ2n) is 7.90. The van der Waals surface area contributed by atoms with Crippen LogP contribution in [0.25, 0.3) is 0 Å². The maximum atomic E-state index is 12.6. The van der Waals surface area contributed by atoms with Crippen LogP contribution in [0.2, 0.25) is 0 Å². The molecule has 4 rings (SSSR count). The molecule has 3 atom stereocenters. The Balaban J connectivity index is 1.58. The summed E-state index contributed by atoms with van der Waals surface area (Å²) in [6.07, 6.45) is 9.61. The number of carboxylic acids is 1. The molecular formula is C25H22N4O5. The van der Waals surface area contributed by atoms with E-state index in [4.69, 9.17) is 0 Å². The second kappa shape index (κ2) is 9.95. The summed E-state index contributed by atoms with van der Waals surface area (Å²) in [4.78, 5) is 35.1. The standard InChI is InChI=1S/C25H22N4O5/c30-24(17-10-12-18(13-11-17)29(33)34)28-27-23(16-6-2-1-3-7-16)14-20(25(31)32)21-15-26-22-9-5-4-8-19(21)22/h1-13,15,19-20,22,26H,14H2,(H,28,30)(H,31,32). The molecule has 9 heteroatoms. The Kier molecular flexibility index (Phi) is 6.63. The van der Waals surface area contributed by atoms with Gasteiger partial charge in [-0.1, -0.05) is 54.6 Å². The number of hydrogen-bond donors (Lipinski definition) is 3. The Morgan fingerprint density at radius 2 is 1.76 bits per heavy atom. The highest BCUT2D eigenvalue weighted by molar-refractivity contribution is 6.04. The predicted molar refractivity (Wildman–Crippen MR) is 126 cm³/mol. The molecule has 2 aromatic carbocycles. The van der Waals surface area contributed by atoms with Gasteiger partial charge in [0, 0.05) is 30.0 Å². The summed E-state index contributed by atoms with van der Waals surface area (Å²) < 4.78 is 0. The Morgan fingerprint density at radius 3 is 2.44 bits per heavy atom. The van der Waals surface area contributed by atoms with E-state index in [1.165, 1.54) is 24.3 Å². The molecule has 1 amide bonds. The summed E-state index contributed by atoms with van der Waals surface area (Å²) in [6, 6.07) is 14.2. The molecule has 1 aliphatic carbocycles. The van der Waals surface area contributed by atoms with E-state index >= 15 is 0 Å². The van der Waals surface area contributed by atoms with E-state index in [1.54, 1.807) is 30.5 Å². The van der Waals surface area contributed by atoms with Crippen molar-refractivity contribution in [1.82, 2.24) is 10.7 Å². The Bertz CT molecular complexity index is 1220. The van der Waals surface area contributed by atoms with Crippen LogP contribution in [0.4, 0.5) is 5.69 Å². The average Bonchev–Trinajstić information content (AvgIpc) is 3.28. The number of nitrogens with zero attached hydrogens (tertiary/aromatic N) is 2. The van der Waals surface area contributed by atoms with Crippen molar-refractivity contribution in [3.05, 3.63) is 112 Å². The van der Waals surface area contributed by atoms with Crippen molar-refractivity contribution in [2.75, 3.05) is 0 Å². The number of carbonyl (C=O) groups is 2.